The van der Waals surface area contributed by atoms with E-state index in [9.17, 15) is 5.11 Å². The van der Waals surface area contributed by atoms with E-state index in [1.165, 1.54) is 0 Å². The first-order chi connectivity index (χ1) is 9.93. The van der Waals surface area contributed by atoms with Crippen LogP contribution in [-0.2, 0) is 26.3 Å². The first-order valence-electron chi connectivity index (χ1n) is 6.75. The summed E-state index contributed by atoms with van der Waals surface area (Å²) in [6.45, 7) is 2.00. The van der Waals surface area contributed by atoms with Gasteiger partial charge in [0.2, 0.25) is 0 Å². The molecule has 0 aliphatic carbocycles. The predicted octanol–water partition coefficient (Wildman–Crippen LogP) is 4.09. The SMILES string of the molecule is CCc1nn(C)c(CC(O)Cc2c(Cl)cccc2Cl)c1Cl. The molecule has 0 aliphatic heterocycles. The van der Waals surface area contributed by atoms with E-state index in [1.807, 2.05) is 14.0 Å². The molecule has 1 N–H and O–H groups in total. The molecule has 1 aromatic carbocycles. The Bertz CT molecular complexity index is 620. The van der Waals surface area contributed by atoms with Crippen molar-refractivity contribution in [1.82, 2.24) is 9.78 Å². The number of aromatic nitrogens is 2. The van der Waals surface area contributed by atoms with Crippen LogP contribution in [0.5, 0.6) is 0 Å². The van der Waals surface area contributed by atoms with Crippen molar-refractivity contribution in [2.45, 2.75) is 32.3 Å². The lowest BCUT2D eigenvalue weighted by atomic mass is 10.0. The van der Waals surface area contributed by atoms with Crippen LogP contribution in [0.15, 0.2) is 18.2 Å². The molecule has 0 fully saturated rings. The van der Waals surface area contributed by atoms with E-state index in [1.54, 1.807) is 22.9 Å². The summed E-state index contributed by atoms with van der Waals surface area (Å²) in [5, 5.41) is 16.4. The van der Waals surface area contributed by atoms with Gasteiger partial charge in [-0.3, -0.25) is 4.68 Å². The molecule has 2 rings (SSSR count). The maximum atomic E-state index is 10.3. The topological polar surface area (TPSA) is 38.0 Å². The molecular weight excluding hydrogens is 331 g/mol. The van der Waals surface area contributed by atoms with Crippen molar-refractivity contribution in [2.75, 3.05) is 0 Å². The number of aliphatic hydroxyl groups excluding tert-OH is 1. The first-order valence-corrected chi connectivity index (χ1v) is 7.88. The van der Waals surface area contributed by atoms with Crippen LogP contribution in [0.3, 0.4) is 0 Å². The molecule has 21 heavy (non-hydrogen) atoms. The van der Waals surface area contributed by atoms with Crippen LogP contribution in [0.4, 0.5) is 0 Å². The average Bonchev–Trinajstić information content (AvgIpc) is 2.70. The summed E-state index contributed by atoms with van der Waals surface area (Å²) in [5.74, 6) is 0. The van der Waals surface area contributed by atoms with Crippen LogP contribution in [0.2, 0.25) is 15.1 Å². The lowest BCUT2D eigenvalue weighted by Crippen LogP contribution is -2.17. The number of benzene rings is 1. The molecule has 0 saturated heterocycles. The third kappa shape index (κ3) is 3.72. The predicted molar refractivity (Wildman–Crippen MR) is 87.5 cm³/mol. The van der Waals surface area contributed by atoms with Gasteiger partial charge in [0.25, 0.3) is 0 Å². The molecule has 6 heteroatoms. The molecule has 0 radical (unpaired) electrons. The summed E-state index contributed by atoms with van der Waals surface area (Å²) in [5.41, 5.74) is 2.42. The molecule has 0 aliphatic rings. The highest BCUT2D eigenvalue weighted by atomic mass is 35.5. The van der Waals surface area contributed by atoms with Crippen molar-refractivity contribution in [2.24, 2.45) is 7.05 Å². The van der Waals surface area contributed by atoms with Gasteiger partial charge in [-0.2, -0.15) is 5.10 Å². The number of hydrogen-bond donors (Lipinski definition) is 1. The van der Waals surface area contributed by atoms with Gasteiger partial charge in [-0.15, -0.1) is 0 Å². The second-order valence-electron chi connectivity index (χ2n) is 4.95. The van der Waals surface area contributed by atoms with Gasteiger partial charge in [0.1, 0.15) is 0 Å². The van der Waals surface area contributed by atoms with Gasteiger partial charge in [0.15, 0.2) is 0 Å². The van der Waals surface area contributed by atoms with Crippen molar-refractivity contribution in [3.05, 3.63) is 50.2 Å². The minimum Gasteiger partial charge on any atom is -0.392 e. The second-order valence-corrected chi connectivity index (χ2v) is 6.14. The van der Waals surface area contributed by atoms with E-state index >= 15 is 0 Å². The maximum absolute atomic E-state index is 10.3. The van der Waals surface area contributed by atoms with E-state index in [2.05, 4.69) is 5.10 Å². The number of rotatable bonds is 5. The Morgan fingerprint density at radius 3 is 2.33 bits per heavy atom. The zero-order valence-electron chi connectivity index (χ0n) is 11.9. The van der Waals surface area contributed by atoms with Crippen LogP contribution in [-0.4, -0.2) is 21.0 Å². The minimum atomic E-state index is -0.625. The van der Waals surface area contributed by atoms with E-state index in [-0.39, 0.29) is 0 Å². The average molecular weight is 348 g/mol. The molecule has 1 aromatic heterocycles. The Labute approximate surface area is 139 Å². The van der Waals surface area contributed by atoms with E-state index < -0.39 is 6.10 Å². The highest BCUT2D eigenvalue weighted by molar-refractivity contribution is 6.36. The monoisotopic (exact) mass is 346 g/mol. The Kier molecular flexibility index (Phi) is 5.55. The second kappa shape index (κ2) is 7.01. The molecule has 0 spiro atoms. The van der Waals surface area contributed by atoms with Crippen molar-refractivity contribution in [3.8, 4) is 0 Å². The fourth-order valence-electron chi connectivity index (χ4n) is 2.30. The summed E-state index contributed by atoms with van der Waals surface area (Å²) >= 11 is 18.5. The molecular formula is C15H17Cl3N2O. The van der Waals surface area contributed by atoms with Gasteiger partial charge in [-0.05, 0) is 24.1 Å². The minimum absolute atomic E-state index is 0.376. The van der Waals surface area contributed by atoms with Gasteiger partial charge in [0, 0.05) is 29.9 Å². The number of hydrogen-bond acceptors (Lipinski definition) is 2. The fraction of sp³-hybridized carbons (Fsp3) is 0.400. The highest BCUT2D eigenvalue weighted by Crippen LogP contribution is 2.27. The molecule has 114 valence electrons. The fourth-order valence-corrected chi connectivity index (χ4v) is 3.22. The van der Waals surface area contributed by atoms with Crippen LogP contribution in [0, 0.1) is 0 Å². The van der Waals surface area contributed by atoms with Crippen molar-refractivity contribution in [3.63, 3.8) is 0 Å². The number of aliphatic hydroxyl groups is 1. The van der Waals surface area contributed by atoms with Crippen molar-refractivity contribution in [1.29, 1.82) is 0 Å². The smallest absolute Gasteiger partial charge is 0.0850 e. The largest absolute Gasteiger partial charge is 0.392 e. The first kappa shape index (κ1) is 16.6. The maximum Gasteiger partial charge on any atom is 0.0850 e. The Morgan fingerprint density at radius 1 is 1.19 bits per heavy atom. The molecule has 2 aromatic rings. The zero-order valence-corrected chi connectivity index (χ0v) is 14.2. The van der Waals surface area contributed by atoms with Crippen molar-refractivity contribution >= 4 is 34.8 Å². The van der Waals surface area contributed by atoms with Gasteiger partial charge in [-0.25, -0.2) is 0 Å². The molecule has 0 saturated carbocycles. The number of halogens is 3. The molecule has 0 bridgehead atoms. The van der Waals surface area contributed by atoms with Crippen LogP contribution in [0.25, 0.3) is 0 Å². The lowest BCUT2D eigenvalue weighted by molar-refractivity contribution is 0.173. The third-order valence-corrected chi connectivity index (χ3v) is 4.58. The lowest BCUT2D eigenvalue weighted by Gasteiger charge is -2.13. The summed E-state index contributed by atoms with van der Waals surface area (Å²) in [4.78, 5) is 0. The third-order valence-electron chi connectivity index (χ3n) is 3.43. The van der Waals surface area contributed by atoms with Gasteiger partial charge < -0.3 is 5.11 Å². The Hall–Kier alpha value is -0.740. The van der Waals surface area contributed by atoms with Crippen molar-refractivity contribution < 1.29 is 5.11 Å². The number of nitrogens with zero attached hydrogens (tertiary/aromatic N) is 2. The van der Waals surface area contributed by atoms with Gasteiger partial charge in [0.05, 0.1) is 22.5 Å². The highest BCUT2D eigenvalue weighted by Gasteiger charge is 2.18. The molecule has 1 heterocycles. The molecule has 1 unspecified atom stereocenters. The summed E-state index contributed by atoms with van der Waals surface area (Å²) in [7, 11) is 1.83. The quantitative estimate of drug-likeness (QED) is 0.884. The normalized spacial score (nSPS) is 12.7. The molecule has 3 nitrogen and oxygen atoms in total. The van der Waals surface area contributed by atoms with E-state index in [4.69, 9.17) is 34.8 Å². The van der Waals surface area contributed by atoms with Crippen LogP contribution < -0.4 is 0 Å². The Balaban J connectivity index is 2.16. The summed E-state index contributed by atoms with van der Waals surface area (Å²) in [6.07, 6.45) is 0.921. The van der Waals surface area contributed by atoms with Gasteiger partial charge in [-0.1, -0.05) is 47.8 Å². The van der Waals surface area contributed by atoms with Crippen LogP contribution in [0.1, 0.15) is 23.9 Å². The van der Waals surface area contributed by atoms with E-state index in [0.717, 1.165) is 23.4 Å². The van der Waals surface area contributed by atoms with Crippen LogP contribution >= 0.6 is 34.8 Å². The molecule has 0 amide bonds. The zero-order chi connectivity index (χ0) is 15.6. The summed E-state index contributed by atoms with van der Waals surface area (Å²) in [6, 6.07) is 5.31. The number of aryl methyl sites for hydroxylation is 2. The summed E-state index contributed by atoms with van der Waals surface area (Å²) < 4.78 is 1.72. The Morgan fingerprint density at radius 2 is 1.81 bits per heavy atom. The standard InChI is InChI=1S/C15H17Cl3N2O/c1-3-13-15(18)14(20(2)19-13)8-9(21)7-10-11(16)5-4-6-12(10)17/h4-6,9,21H,3,7-8H2,1-2H3. The van der Waals surface area contributed by atoms with Gasteiger partial charge >= 0.3 is 0 Å². The molecule has 1 atom stereocenters. The van der Waals surface area contributed by atoms with E-state index in [0.29, 0.717) is 27.9 Å².